The smallest absolute Gasteiger partial charge is 0.330 e. The molecule has 0 amide bonds. The van der Waals surface area contributed by atoms with Crippen molar-refractivity contribution in [1.29, 1.82) is 0 Å². The van der Waals surface area contributed by atoms with Crippen LogP contribution in [0.2, 0.25) is 0 Å². The first-order valence-electron chi connectivity index (χ1n) is 10.1. The third kappa shape index (κ3) is 3.03. The zero-order chi connectivity index (χ0) is 20.0. The van der Waals surface area contributed by atoms with E-state index in [2.05, 4.69) is 13.8 Å². The Labute approximate surface area is 161 Å². The summed E-state index contributed by atoms with van der Waals surface area (Å²) < 4.78 is 9.93. The van der Waals surface area contributed by atoms with Gasteiger partial charge in [-0.2, -0.15) is 0 Å². The van der Waals surface area contributed by atoms with Gasteiger partial charge in [-0.05, 0) is 55.8 Å². The summed E-state index contributed by atoms with van der Waals surface area (Å²) in [6.07, 6.45) is 6.50. The summed E-state index contributed by atoms with van der Waals surface area (Å²) in [4.78, 5) is 37.6. The van der Waals surface area contributed by atoms with Crippen molar-refractivity contribution < 1.29 is 23.9 Å². The van der Waals surface area contributed by atoms with Crippen LogP contribution in [0.3, 0.4) is 0 Å². The van der Waals surface area contributed by atoms with Crippen molar-refractivity contribution in [3.63, 3.8) is 0 Å². The van der Waals surface area contributed by atoms with Crippen molar-refractivity contribution in [2.24, 2.45) is 34.5 Å². The van der Waals surface area contributed by atoms with E-state index in [0.717, 1.165) is 37.7 Å². The van der Waals surface area contributed by atoms with Crippen LogP contribution in [0.4, 0.5) is 0 Å². The Morgan fingerprint density at radius 2 is 1.85 bits per heavy atom. The lowest BCUT2D eigenvalue weighted by Crippen LogP contribution is -2.59. The summed E-state index contributed by atoms with van der Waals surface area (Å²) in [7, 11) is 2.82. The summed E-state index contributed by atoms with van der Waals surface area (Å²) in [5.41, 5.74) is 0.378. The third-order valence-electron chi connectivity index (χ3n) is 8.06. The summed E-state index contributed by atoms with van der Waals surface area (Å²) in [6, 6.07) is 0. The van der Waals surface area contributed by atoms with E-state index in [4.69, 9.17) is 9.47 Å². The Balaban J connectivity index is 1.96. The predicted molar refractivity (Wildman–Crippen MR) is 101 cm³/mol. The van der Waals surface area contributed by atoms with E-state index < -0.39 is 5.41 Å². The Kier molecular flexibility index (Phi) is 5.26. The highest BCUT2D eigenvalue weighted by molar-refractivity contribution is 5.87. The third-order valence-corrected chi connectivity index (χ3v) is 8.06. The summed E-state index contributed by atoms with van der Waals surface area (Å²) >= 11 is 0. The number of rotatable bonds is 2. The number of fused-ring (bicyclic) bond motifs is 3. The van der Waals surface area contributed by atoms with Crippen LogP contribution >= 0.6 is 0 Å². The fourth-order valence-corrected chi connectivity index (χ4v) is 6.60. The van der Waals surface area contributed by atoms with E-state index >= 15 is 0 Å². The average molecular weight is 376 g/mol. The molecule has 27 heavy (non-hydrogen) atoms. The second kappa shape index (κ2) is 7.06. The summed E-state index contributed by atoms with van der Waals surface area (Å²) in [5.74, 6) is -0.0488. The van der Waals surface area contributed by atoms with Gasteiger partial charge in [0.15, 0.2) is 0 Å². The van der Waals surface area contributed by atoms with E-state index in [1.54, 1.807) is 6.08 Å². The minimum atomic E-state index is -0.590. The number of methoxy groups -OCH3 is 2. The van der Waals surface area contributed by atoms with Crippen LogP contribution in [0, 0.1) is 34.5 Å². The molecule has 0 saturated heterocycles. The monoisotopic (exact) mass is 376 g/mol. The van der Waals surface area contributed by atoms with Crippen LogP contribution in [-0.4, -0.2) is 31.9 Å². The molecule has 3 unspecified atom stereocenters. The number of allylic oxidation sites excluding steroid dienone is 1. The lowest BCUT2D eigenvalue weighted by molar-refractivity contribution is -0.178. The first-order valence-corrected chi connectivity index (χ1v) is 10.1. The molecule has 0 spiro atoms. The molecule has 3 fully saturated rings. The number of carbonyl (C=O) groups is 3. The number of ketones is 1. The highest BCUT2D eigenvalue weighted by atomic mass is 16.5. The molecule has 0 aromatic rings. The molecule has 3 aliphatic carbocycles. The number of hydrogen-bond acceptors (Lipinski definition) is 5. The molecule has 0 radical (unpaired) electrons. The number of ether oxygens (including phenoxy) is 2. The normalized spacial score (nSPS) is 42.9. The van der Waals surface area contributed by atoms with Crippen LogP contribution in [0.5, 0.6) is 0 Å². The van der Waals surface area contributed by atoms with E-state index in [1.807, 2.05) is 6.92 Å². The highest BCUT2D eigenvalue weighted by Crippen LogP contribution is 2.64. The van der Waals surface area contributed by atoms with E-state index in [9.17, 15) is 14.4 Å². The first kappa shape index (κ1) is 20.1. The fourth-order valence-electron chi connectivity index (χ4n) is 6.60. The number of hydrogen-bond donors (Lipinski definition) is 0. The molecule has 0 aromatic heterocycles. The predicted octanol–water partition coefficient (Wildman–Crippen LogP) is 3.71. The van der Waals surface area contributed by atoms with Gasteiger partial charge in [0, 0.05) is 18.4 Å². The Morgan fingerprint density at radius 3 is 2.48 bits per heavy atom. The van der Waals surface area contributed by atoms with Gasteiger partial charge in [0.05, 0.1) is 19.6 Å². The van der Waals surface area contributed by atoms with Crippen LogP contribution in [0.15, 0.2) is 11.6 Å². The maximum atomic E-state index is 13.2. The molecule has 5 heteroatoms. The topological polar surface area (TPSA) is 69.7 Å². The SMILES string of the molecule is COC(=O)/C=C1/CCC2[C@@H](C(=O)CC3[C@]2(C)CCC[C@@]3(C)C(=O)OC)C1C. The largest absolute Gasteiger partial charge is 0.469 e. The van der Waals surface area contributed by atoms with Gasteiger partial charge >= 0.3 is 11.9 Å². The molecule has 3 aliphatic rings. The molecule has 0 aliphatic heterocycles. The second-order valence-corrected chi connectivity index (χ2v) is 9.19. The van der Waals surface area contributed by atoms with Gasteiger partial charge in [-0.1, -0.05) is 25.8 Å². The van der Waals surface area contributed by atoms with E-state index in [-0.39, 0.29) is 46.8 Å². The van der Waals surface area contributed by atoms with Crippen LogP contribution < -0.4 is 0 Å². The van der Waals surface area contributed by atoms with Crippen molar-refractivity contribution in [2.75, 3.05) is 14.2 Å². The number of carbonyl (C=O) groups excluding carboxylic acids is 3. The van der Waals surface area contributed by atoms with Crippen LogP contribution in [0.1, 0.15) is 59.3 Å². The minimum Gasteiger partial charge on any atom is -0.469 e. The molecular formula is C22H32O5. The van der Waals surface area contributed by atoms with Crippen molar-refractivity contribution >= 4 is 17.7 Å². The first-order chi connectivity index (χ1) is 12.7. The zero-order valence-electron chi connectivity index (χ0n) is 17.2. The zero-order valence-corrected chi connectivity index (χ0v) is 17.2. The molecule has 3 rings (SSSR count). The lowest BCUT2D eigenvalue weighted by Gasteiger charge is -2.60. The van der Waals surface area contributed by atoms with Gasteiger partial charge in [0.2, 0.25) is 0 Å². The van der Waals surface area contributed by atoms with Gasteiger partial charge in [-0.25, -0.2) is 4.79 Å². The lowest BCUT2D eigenvalue weighted by atomic mass is 9.43. The Morgan fingerprint density at radius 1 is 1.15 bits per heavy atom. The van der Waals surface area contributed by atoms with Gasteiger partial charge in [0.25, 0.3) is 0 Å². The summed E-state index contributed by atoms with van der Waals surface area (Å²) in [5, 5.41) is 0. The Hall–Kier alpha value is -1.65. The molecule has 5 nitrogen and oxygen atoms in total. The van der Waals surface area contributed by atoms with Crippen molar-refractivity contribution in [2.45, 2.75) is 59.3 Å². The van der Waals surface area contributed by atoms with E-state index in [1.165, 1.54) is 14.2 Å². The molecular weight excluding hydrogens is 344 g/mol. The second-order valence-electron chi connectivity index (χ2n) is 9.19. The van der Waals surface area contributed by atoms with Gasteiger partial charge in [0.1, 0.15) is 5.78 Å². The minimum absolute atomic E-state index is 0.0262. The average Bonchev–Trinajstić information content (AvgIpc) is 2.64. The Bertz CT molecular complexity index is 680. The summed E-state index contributed by atoms with van der Waals surface area (Å²) in [6.45, 7) is 6.34. The van der Waals surface area contributed by atoms with E-state index in [0.29, 0.717) is 6.42 Å². The fraction of sp³-hybridized carbons (Fsp3) is 0.773. The molecule has 0 heterocycles. The molecule has 6 atom stereocenters. The molecule has 0 N–H and O–H groups in total. The van der Waals surface area contributed by atoms with Gasteiger partial charge in [-0.15, -0.1) is 0 Å². The van der Waals surface area contributed by atoms with Crippen molar-refractivity contribution in [3.05, 3.63) is 11.6 Å². The van der Waals surface area contributed by atoms with Crippen molar-refractivity contribution in [3.8, 4) is 0 Å². The quantitative estimate of drug-likeness (QED) is 0.543. The van der Waals surface area contributed by atoms with Crippen molar-refractivity contribution in [1.82, 2.24) is 0 Å². The maximum Gasteiger partial charge on any atom is 0.330 e. The molecule has 150 valence electrons. The van der Waals surface area contributed by atoms with Crippen LogP contribution in [-0.2, 0) is 23.9 Å². The molecule has 0 bridgehead atoms. The molecule has 3 saturated carbocycles. The van der Waals surface area contributed by atoms with Gasteiger partial charge in [-0.3, -0.25) is 9.59 Å². The van der Waals surface area contributed by atoms with Gasteiger partial charge < -0.3 is 9.47 Å². The van der Waals surface area contributed by atoms with Crippen LogP contribution in [0.25, 0.3) is 0 Å². The maximum absolute atomic E-state index is 13.2. The molecule has 0 aromatic carbocycles. The standard InChI is InChI=1S/C22H32O5/c1-13-14(11-18(24)26-4)7-8-15-19(13)16(23)12-17-21(15,2)9-6-10-22(17,3)20(25)27-5/h11,13,15,17,19H,6-10,12H2,1-5H3/b14-11-/t13?,15?,17?,19-,21+,22+/m0/s1. The highest BCUT2D eigenvalue weighted by Gasteiger charge is 2.62. The number of esters is 2. The number of Topliss-reactive ketones (excluding diaryl/α,β-unsaturated/α-hetero) is 1.